The van der Waals surface area contributed by atoms with Crippen LogP contribution in [-0.2, 0) is 6.54 Å². The van der Waals surface area contributed by atoms with Gasteiger partial charge in [-0.2, -0.15) is 0 Å². The molecule has 0 aliphatic rings. The molecular weight excluding hydrogens is 312 g/mol. The van der Waals surface area contributed by atoms with E-state index in [-0.39, 0.29) is 6.04 Å². The summed E-state index contributed by atoms with van der Waals surface area (Å²) in [7, 11) is 2.10. The van der Waals surface area contributed by atoms with Gasteiger partial charge in [0.15, 0.2) is 0 Å². The predicted molar refractivity (Wildman–Crippen MR) is 88.6 cm³/mol. The van der Waals surface area contributed by atoms with E-state index in [0.717, 1.165) is 17.6 Å². The number of nitrogens with two attached hydrogens (primary N) is 1. The summed E-state index contributed by atoms with van der Waals surface area (Å²) in [5.74, 6) is 0. The fourth-order valence-corrected chi connectivity index (χ4v) is 2.65. The predicted octanol–water partition coefficient (Wildman–Crippen LogP) is 3.89. The molecule has 0 saturated carbocycles. The van der Waals surface area contributed by atoms with Crippen LogP contribution in [0.4, 0.5) is 0 Å². The highest BCUT2D eigenvalue weighted by atomic mass is 79.9. The van der Waals surface area contributed by atoms with E-state index >= 15 is 0 Å². The van der Waals surface area contributed by atoms with Crippen molar-refractivity contribution in [2.45, 2.75) is 19.5 Å². The van der Waals surface area contributed by atoms with Crippen molar-refractivity contribution < 1.29 is 0 Å². The second kappa shape index (κ2) is 7.02. The third-order valence-electron chi connectivity index (χ3n) is 3.41. The second-order valence-electron chi connectivity index (χ2n) is 5.31. The van der Waals surface area contributed by atoms with Crippen LogP contribution in [0.1, 0.15) is 22.7 Å². The Kier molecular flexibility index (Phi) is 5.35. The molecule has 1 unspecified atom stereocenters. The van der Waals surface area contributed by atoms with Crippen LogP contribution >= 0.6 is 15.9 Å². The standard InChI is InChI=1S/C17H21BrN2/c1-13-7-9-14(10-8-13)17(19)12-20(2)11-15-5-3-4-6-16(15)18/h3-10,17H,11-12,19H2,1-2H3. The van der Waals surface area contributed by atoms with E-state index in [4.69, 9.17) is 5.73 Å². The Hall–Kier alpha value is -1.16. The monoisotopic (exact) mass is 332 g/mol. The Morgan fingerprint density at radius 2 is 1.75 bits per heavy atom. The Balaban J connectivity index is 1.96. The topological polar surface area (TPSA) is 29.3 Å². The quantitative estimate of drug-likeness (QED) is 0.899. The largest absolute Gasteiger partial charge is 0.323 e. The molecular formula is C17H21BrN2. The molecule has 2 nitrogen and oxygen atoms in total. The molecule has 0 heterocycles. The molecule has 0 amide bonds. The van der Waals surface area contributed by atoms with Gasteiger partial charge >= 0.3 is 0 Å². The minimum Gasteiger partial charge on any atom is -0.323 e. The number of benzene rings is 2. The Morgan fingerprint density at radius 1 is 1.10 bits per heavy atom. The Bertz CT molecular complexity index is 551. The summed E-state index contributed by atoms with van der Waals surface area (Å²) >= 11 is 3.59. The maximum absolute atomic E-state index is 6.28. The van der Waals surface area contributed by atoms with E-state index in [0.29, 0.717) is 0 Å². The van der Waals surface area contributed by atoms with Gasteiger partial charge in [0.05, 0.1) is 0 Å². The van der Waals surface area contributed by atoms with Crippen LogP contribution in [0.5, 0.6) is 0 Å². The molecule has 1 atom stereocenters. The van der Waals surface area contributed by atoms with Crippen molar-refractivity contribution in [3.8, 4) is 0 Å². The second-order valence-corrected chi connectivity index (χ2v) is 6.16. The van der Waals surface area contributed by atoms with Crippen LogP contribution < -0.4 is 5.73 Å². The van der Waals surface area contributed by atoms with Crippen LogP contribution in [0, 0.1) is 6.92 Å². The SMILES string of the molecule is Cc1ccc(C(N)CN(C)Cc2ccccc2Br)cc1. The molecule has 3 heteroatoms. The first-order chi connectivity index (χ1) is 9.56. The highest BCUT2D eigenvalue weighted by Gasteiger charge is 2.10. The zero-order chi connectivity index (χ0) is 14.5. The molecule has 2 aromatic carbocycles. The number of halogens is 1. The summed E-state index contributed by atoms with van der Waals surface area (Å²) in [4.78, 5) is 2.25. The zero-order valence-corrected chi connectivity index (χ0v) is 13.6. The summed E-state index contributed by atoms with van der Waals surface area (Å²) in [6.07, 6.45) is 0. The van der Waals surface area contributed by atoms with Crippen molar-refractivity contribution in [3.05, 3.63) is 69.7 Å². The van der Waals surface area contributed by atoms with Crippen LogP contribution in [0.15, 0.2) is 53.0 Å². The third-order valence-corrected chi connectivity index (χ3v) is 4.19. The molecule has 2 aromatic rings. The van der Waals surface area contributed by atoms with Crippen molar-refractivity contribution in [2.75, 3.05) is 13.6 Å². The van der Waals surface area contributed by atoms with Gasteiger partial charge in [-0.05, 0) is 31.2 Å². The van der Waals surface area contributed by atoms with Crippen molar-refractivity contribution in [2.24, 2.45) is 5.73 Å². The average molecular weight is 333 g/mol. The highest BCUT2D eigenvalue weighted by Crippen LogP contribution is 2.19. The van der Waals surface area contributed by atoms with Crippen molar-refractivity contribution in [1.29, 1.82) is 0 Å². The van der Waals surface area contributed by atoms with E-state index in [9.17, 15) is 0 Å². The van der Waals surface area contributed by atoms with E-state index in [1.54, 1.807) is 0 Å². The minimum absolute atomic E-state index is 0.0445. The summed E-state index contributed by atoms with van der Waals surface area (Å²) < 4.78 is 1.15. The fourth-order valence-electron chi connectivity index (χ4n) is 2.24. The van der Waals surface area contributed by atoms with Crippen LogP contribution in [0.2, 0.25) is 0 Å². The molecule has 0 fully saturated rings. The molecule has 0 saturated heterocycles. The lowest BCUT2D eigenvalue weighted by atomic mass is 10.1. The van der Waals surface area contributed by atoms with Gasteiger partial charge in [0.25, 0.3) is 0 Å². The number of hydrogen-bond acceptors (Lipinski definition) is 2. The molecule has 20 heavy (non-hydrogen) atoms. The normalized spacial score (nSPS) is 12.7. The lowest BCUT2D eigenvalue weighted by Crippen LogP contribution is -2.28. The molecule has 2 N–H and O–H groups in total. The van der Waals surface area contributed by atoms with Gasteiger partial charge in [0.1, 0.15) is 0 Å². The molecule has 0 bridgehead atoms. The van der Waals surface area contributed by atoms with E-state index in [2.05, 4.69) is 77.3 Å². The van der Waals surface area contributed by atoms with Crippen molar-refractivity contribution in [3.63, 3.8) is 0 Å². The van der Waals surface area contributed by atoms with Gasteiger partial charge in [-0.1, -0.05) is 64.0 Å². The average Bonchev–Trinajstić information content (AvgIpc) is 2.42. The summed E-state index contributed by atoms with van der Waals surface area (Å²) in [6, 6.07) is 16.8. The summed E-state index contributed by atoms with van der Waals surface area (Å²) in [5.41, 5.74) is 10.0. The van der Waals surface area contributed by atoms with Crippen molar-refractivity contribution in [1.82, 2.24) is 4.90 Å². The van der Waals surface area contributed by atoms with Crippen LogP contribution in [0.25, 0.3) is 0 Å². The number of aryl methyl sites for hydroxylation is 1. The minimum atomic E-state index is 0.0445. The zero-order valence-electron chi connectivity index (χ0n) is 12.0. The smallest absolute Gasteiger partial charge is 0.0424 e. The lowest BCUT2D eigenvalue weighted by molar-refractivity contribution is 0.305. The number of nitrogens with zero attached hydrogens (tertiary/aromatic N) is 1. The van der Waals surface area contributed by atoms with Gasteiger partial charge in [-0.25, -0.2) is 0 Å². The number of rotatable bonds is 5. The van der Waals surface area contributed by atoms with Crippen molar-refractivity contribution >= 4 is 15.9 Å². The first-order valence-electron chi connectivity index (χ1n) is 6.80. The number of hydrogen-bond donors (Lipinski definition) is 1. The fraction of sp³-hybridized carbons (Fsp3) is 0.294. The summed E-state index contributed by atoms with van der Waals surface area (Å²) in [6.45, 7) is 3.82. The molecule has 106 valence electrons. The lowest BCUT2D eigenvalue weighted by Gasteiger charge is -2.22. The van der Waals surface area contributed by atoms with Gasteiger partial charge in [0, 0.05) is 23.6 Å². The maximum Gasteiger partial charge on any atom is 0.0424 e. The molecule has 0 aromatic heterocycles. The Labute approximate surface area is 129 Å². The maximum atomic E-state index is 6.28. The third kappa shape index (κ3) is 4.17. The highest BCUT2D eigenvalue weighted by molar-refractivity contribution is 9.10. The van der Waals surface area contributed by atoms with E-state index < -0.39 is 0 Å². The summed E-state index contributed by atoms with van der Waals surface area (Å²) in [5, 5.41) is 0. The molecule has 0 aliphatic heterocycles. The van der Waals surface area contributed by atoms with Gasteiger partial charge in [0.2, 0.25) is 0 Å². The van der Waals surface area contributed by atoms with E-state index in [1.807, 2.05) is 6.07 Å². The first-order valence-corrected chi connectivity index (χ1v) is 7.59. The Morgan fingerprint density at radius 3 is 2.40 bits per heavy atom. The van der Waals surface area contributed by atoms with Gasteiger partial charge < -0.3 is 10.6 Å². The van der Waals surface area contributed by atoms with Gasteiger partial charge in [-0.3, -0.25) is 0 Å². The molecule has 2 rings (SSSR count). The van der Waals surface area contributed by atoms with E-state index in [1.165, 1.54) is 16.7 Å². The molecule has 0 spiro atoms. The first kappa shape index (κ1) is 15.2. The van der Waals surface area contributed by atoms with Gasteiger partial charge in [-0.15, -0.1) is 0 Å². The van der Waals surface area contributed by atoms with Crippen LogP contribution in [0.3, 0.4) is 0 Å². The molecule has 0 aliphatic carbocycles. The number of likely N-dealkylation sites (N-methyl/N-ethyl adjacent to an activating group) is 1. The molecule has 0 radical (unpaired) electrons. The van der Waals surface area contributed by atoms with Crippen LogP contribution in [-0.4, -0.2) is 18.5 Å².